The van der Waals surface area contributed by atoms with Crippen LogP contribution in [0.4, 0.5) is 5.69 Å². The third-order valence-corrected chi connectivity index (χ3v) is 4.05. The van der Waals surface area contributed by atoms with Crippen molar-refractivity contribution < 1.29 is 10.0 Å². The van der Waals surface area contributed by atoms with Crippen LogP contribution < -0.4 is 11.1 Å². The average Bonchev–Trinajstić information content (AvgIpc) is 2.86. The second kappa shape index (κ2) is 5.94. The third kappa shape index (κ3) is 2.92. The predicted octanol–water partition coefficient (Wildman–Crippen LogP) is 3.06. The summed E-state index contributed by atoms with van der Waals surface area (Å²) in [6.45, 7) is 1.85. The van der Waals surface area contributed by atoms with Gasteiger partial charge in [0, 0.05) is 11.3 Å². The summed E-state index contributed by atoms with van der Waals surface area (Å²) < 4.78 is 0. The van der Waals surface area contributed by atoms with Crippen molar-refractivity contribution >= 4 is 40.4 Å². The molecular formula is C13H12ClN3O2S. The van der Waals surface area contributed by atoms with Crippen LogP contribution in [-0.4, -0.2) is 17.0 Å². The zero-order chi connectivity index (χ0) is 14.7. The molecule has 7 heteroatoms. The van der Waals surface area contributed by atoms with E-state index in [1.165, 1.54) is 11.3 Å². The van der Waals surface area contributed by atoms with Crippen molar-refractivity contribution in [3.63, 3.8) is 0 Å². The molecule has 0 aliphatic carbocycles. The van der Waals surface area contributed by atoms with E-state index < -0.39 is 0 Å². The van der Waals surface area contributed by atoms with Gasteiger partial charge in [0.15, 0.2) is 5.84 Å². The van der Waals surface area contributed by atoms with E-state index in [0.29, 0.717) is 21.2 Å². The summed E-state index contributed by atoms with van der Waals surface area (Å²) >= 11 is 7.19. The number of anilines is 1. The first-order chi connectivity index (χ1) is 9.52. The number of nitrogens with one attached hydrogen (secondary N) is 1. The second-order valence-corrected chi connectivity index (χ2v) is 5.39. The summed E-state index contributed by atoms with van der Waals surface area (Å²) in [5, 5.41) is 16.5. The van der Waals surface area contributed by atoms with Crippen LogP contribution in [0.15, 0.2) is 34.8 Å². The van der Waals surface area contributed by atoms with Gasteiger partial charge in [-0.15, -0.1) is 11.3 Å². The maximum atomic E-state index is 12.1. The molecule has 0 aliphatic heterocycles. The Morgan fingerprint density at radius 2 is 2.20 bits per heavy atom. The van der Waals surface area contributed by atoms with E-state index in [-0.39, 0.29) is 11.7 Å². The fourth-order valence-corrected chi connectivity index (χ4v) is 2.64. The lowest BCUT2D eigenvalue weighted by atomic mass is 10.1. The summed E-state index contributed by atoms with van der Waals surface area (Å²) in [4.78, 5) is 12.5. The van der Waals surface area contributed by atoms with Crippen LogP contribution in [0, 0.1) is 6.92 Å². The number of nitrogens with two attached hydrogens (primary N) is 1. The van der Waals surface area contributed by atoms with Crippen LogP contribution in [-0.2, 0) is 0 Å². The maximum absolute atomic E-state index is 12.1. The first-order valence-electron chi connectivity index (χ1n) is 5.66. The number of benzene rings is 1. The molecular weight excluding hydrogens is 298 g/mol. The van der Waals surface area contributed by atoms with E-state index in [2.05, 4.69) is 10.5 Å². The fraction of sp³-hybridized carbons (Fsp3) is 0.0769. The molecule has 0 atom stereocenters. The molecule has 4 N–H and O–H groups in total. The Labute approximate surface area is 124 Å². The van der Waals surface area contributed by atoms with Crippen LogP contribution in [0.25, 0.3) is 0 Å². The van der Waals surface area contributed by atoms with E-state index in [4.69, 9.17) is 22.5 Å². The fourth-order valence-electron chi connectivity index (χ4n) is 1.61. The van der Waals surface area contributed by atoms with Gasteiger partial charge >= 0.3 is 0 Å². The molecule has 0 fully saturated rings. The number of amidine groups is 1. The van der Waals surface area contributed by atoms with Crippen molar-refractivity contribution in [2.75, 3.05) is 5.32 Å². The highest BCUT2D eigenvalue weighted by Gasteiger charge is 2.13. The quantitative estimate of drug-likeness (QED) is 0.352. The number of hydrogen-bond acceptors (Lipinski definition) is 4. The Morgan fingerprint density at radius 1 is 1.45 bits per heavy atom. The highest BCUT2D eigenvalue weighted by atomic mass is 35.5. The van der Waals surface area contributed by atoms with Gasteiger partial charge in [-0.1, -0.05) is 28.9 Å². The van der Waals surface area contributed by atoms with Gasteiger partial charge in [0.25, 0.3) is 5.91 Å². The smallest absolute Gasteiger partial charge is 0.267 e. The molecule has 1 heterocycles. The standard InChI is InChI=1S/C13H12ClN3O2S/c1-7-2-3-8(12(15)17-19)6-10(7)16-13(18)11-9(14)4-5-20-11/h2-6,19H,1H3,(H2,15,17)(H,16,18). The lowest BCUT2D eigenvalue weighted by molar-refractivity contribution is 0.103. The number of hydrogen-bond donors (Lipinski definition) is 3. The summed E-state index contributed by atoms with van der Waals surface area (Å²) in [5.74, 6) is -0.306. The first kappa shape index (κ1) is 14.4. The number of aryl methyl sites for hydroxylation is 1. The molecule has 5 nitrogen and oxygen atoms in total. The van der Waals surface area contributed by atoms with Gasteiger partial charge < -0.3 is 16.3 Å². The number of nitrogens with zero attached hydrogens (tertiary/aromatic N) is 1. The maximum Gasteiger partial charge on any atom is 0.267 e. The van der Waals surface area contributed by atoms with Crippen LogP contribution in [0.3, 0.4) is 0 Å². The van der Waals surface area contributed by atoms with Crippen LogP contribution in [0.5, 0.6) is 0 Å². The molecule has 1 aromatic carbocycles. The van der Waals surface area contributed by atoms with Gasteiger partial charge in [-0.05, 0) is 30.0 Å². The van der Waals surface area contributed by atoms with Gasteiger partial charge in [-0.3, -0.25) is 4.79 Å². The first-order valence-corrected chi connectivity index (χ1v) is 6.91. The van der Waals surface area contributed by atoms with E-state index in [1.807, 2.05) is 6.92 Å². The number of carbonyl (C=O) groups excluding carboxylic acids is 1. The van der Waals surface area contributed by atoms with E-state index >= 15 is 0 Å². The van der Waals surface area contributed by atoms with Gasteiger partial charge in [0.05, 0.1) is 5.02 Å². The molecule has 0 saturated carbocycles. The number of oxime groups is 1. The normalized spacial score (nSPS) is 11.4. The van der Waals surface area contributed by atoms with Crippen molar-refractivity contribution in [1.29, 1.82) is 0 Å². The lowest BCUT2D eigenvalue weighted by Crippen LogP contribution is -2.15. The molecule has 104 valence electrons. The molecule has 0 saturated heterocycles. The Bertz CT molecular complexity index is 682. The van der Waals surface area contributed by atoms with Crippen molar-refractivity contribution in [1.82, 2.24) is 0 Å². The summed E-state index contributed by atoms with van der Waals surface area (Å²) in [7, 11) is 0. The van der Waals surface area contributed by atoms with Crippen molar-refractivity contribution in [3.05, 3.63) is 50.7 Å². The van der Waals surface area contributed by atoms with E-state index in [1.54, 1.807) is 29.6 Å². The van der Waals surface area contributed by atoms with Crippen LogP contribution in [0.1, 0.15) is 20.8 Å². The van der Waals surface area contributed by atoms with Gasteiger partial charge in [0.2, 0.25) is 0 Å². The molecule has 2 rings (SSSR count). The van der Waals surface area contributed by atoms with Crippen molar-refractivity contribution in [2.24, 2.45) is 10.9 Å². The van der Waals surface area contributed by atoms with E-state index in [0.717, 1.165) is 5.56 Å². The molecule has 20 heavy (non-hydrogen) atoms. The number of carbonyl (C=O) groups is 1. The van der Waals surface area contributed by atoms with Crippen LogP contribution in [0.2, 0.25) is 5.02 Å². The highest BCUT2D eigenvalue weighted by Crippen LogP contribution is 2.24. The van der Waals surface area contributed by atoms with E-state index in [9.17, 15) is 4.79 Å². The van der Waals surface area contributed by atoms with Gasteiger partial charge in [-0.2, -0.15) is 0 Å². The van der Waals surface area contributed by atoms with Gasteiger partial charge in [-0.25, -0.2) is 0 Å². The minimum atomic E-state index is -0.287. The minimum absolute atomic E-state index is 0.0188. The molecule has 1 aromatic heterocycles. The summed E-state index contributed by atoms with van der Waals surface area (Å²) in [5.41, 5.74) is 7.50. The zero-order valence-corrected chi connectivity index (χ0v) is 12.1. The highest BCUT2D eigenvalue weighted by molar-refractivity contribution is 7.12. The lowest BCUT2D eigenvalue weighted by Gasteiger charge is -2.09. The SMILES string of the molecule is Cc1ccc(/C(N)=N/O)cc1NC(=O)c1sccc1Cl. The van der Waals surface area contributed by atoms with Crippen molar-refractivity contribution in [2.45, 2.75) is 6.92 Å². The zero-order valence-electron chi connectivity index (χ0n) is 10.6. The molecule has 0 unspecified atom stereocenters. The van der Waals surface area contributed by atoms with Gasteiger partial charge in [0.1, 0.15) is 4.88 Å². The second-order valence-electron chi connectivity index (χ2n) is 4.07. The Balaban J connectivity index is 2.29. The average molecular weight is 310 g/mol. The number of halogens is 1. The van der Waals surface area contributed by atoms with Crippen molar-refractivity contribution in [3.8, 4) is 0 Å². The number of thiophene rings is 1. The number of rotatable bonds is 3. The molecule has 0 bridgehead atoms. The monoisotopic (exact) mass is 309 g/mol. The number of amides is 1. The molecule has 0 aliphatic rings. The third-order valence-electron chi connectivity index (χ3n) is 2.71. The largest absolute Gasteiger partial charge is 0.409 e. The summed E-state index contributed by atoms with van der Waals surface area (Å²) in [6.07, 6.45) is 0. The Hall–Kier alpha value is -2.05. The molecule has 0 spiro atoms. The summed E-state index contributed by atoms with van der Waals surface area (Å²) in [6, 6.07) is 6.79. The topological polar surface area (TPSA) is 87.7 Å². The predicted molar refractivity (Wildman–Crippen MR) is 81.0 cm³/mol. The van der Waals surface area contributed by atoms with Crippen LogP contribution >= 0.6 is 22.9 Å². The minimum Gasteiger partial charge on any atom is -0.409 e. The molecule has 2 aromatic rings. The Kier molecular flexibility index (Phi) is 4.26. The molecule has 0 radical (unpaired) electrons. The Morgan fingerprint density at radius 3 is 2.80 bits per heavy atom. The molecule has 1 amide bonds.